The maximum Gasteiger partial charge on any atom is 0.354 e. The lowest BCUT2D eigenvalue weighted by atomic mass is 10.1. The summed E-state index contributed by atoms with van der Waals surface area (Å²) in [6.07, 6.45) is 3.67. The molecule has 0 fully saturated rings. The van der Waals surface area contributed by atoms with E-state index in [0.29, 0.717) is 24.0 Å². The Morgan fingerprint density at radius 2 is 1.97 bits per heavy atom. The van der Waals surface area contributed by atoms with E-state index in [1.165, 1.54) is 42.3 Å². The molecular weight excluding hydrogens is 405 g/mol. The van der Waals surface area contributed by atoms with Crippen molar-refractivity contribution in [3.05, 3.63) is 52.5 Å². The third-order valence-corrected chi connectivity index (χ3v) is 4.52. The summed E-state index contributed by atoms with van der Waals surface area (Å²) in [5.41, 5.74) is 0.517. The first-order valence-corrected chi connectivity index (χ1v) is 9.81. The monoisotopic (exact) mass is 429 g/mol. The molecule has 0 unspecified atom stereocenters. The lowest BCUT2D eigenvalue weighted by Crippen LogP contribution is -2.28. The Bertz CT molecular complexity index is 1120. The number of hydrogen-bond donors (Lipinski definition) is 1. The van der Waals surface area contributed by atoms with Crippen LogP contribution in [0.2, 0.25) is 0 Å². The number of hydrogen-bond acceptors (Lipinski definition) is 7. The van der Waals surface area contributed by atoms with Gasteiger partial charge in [-0.3, -0.25) is 9.36 Å². The third-order valence-electron chi connectivity index (χ3n) is 4.52. The second-order valence-corrected chi connectivity index (χ2v) is 7.46. The minimum Gasteiger partial charge on any atom is -0.494 e. The SMILES string of the molecule is COc1cc(-c2nn(-c3ncc(CCO)cn3)c(=O)n2CC(=O)CC(C)C)ccc1F. The van der Waals surface area contributed by atoms with Crippen molar-refractivity contribution in [1.29, 1.82) is 0 Å². The van der Waals surface area contributed by atoms with Crippen LogP contribution in [0, 0.1) is 11.7 Å². The van der Waals surface area contributed by atoms with Crippen molar-refractivity contribution >= 4 is 5.78 Å². The summed E-state index contributed by atoms with van der Waals surface area (Å²) < 4.78 is 21.1. The summed E-state index contributed by atoms with van der Waals surface area (Å²) in [4.78, 5) is 33.9. The van der Waals surface area contributed by atoms with Crippen LogP contribution >= 0.6 is 0 Å². The highest BCUT2D eigenvalue weighted by atomic mass is 19.1. The Morgan fingerprint density at radius 3 is 2.58 bits per heavy atom. The highest BCUT2D eigenvalue weighted by Crippen LogP contribution is 2.25. The number of aliphatic hydroxyl groups is 1. The molecule has 10 heteroatoms. The zero-order chi connectivity index (χ0) is 22.5. The lowest BCUT2D eigenvalue weighted by molar-refractivity contribution is -0.120. The average molecular weight is 429 g/mol. The molecule has 31 heavy (non-hydrogen) atoms. The van der Waals surface area contributed by atoms with Crippen LogP contribution in [0.15, 0.2) is 35.4 Å². The molecule has 1 aromatic carbocycles. The minimum absolute atomic E-state index is 0.0100. The Hall–Kier alpha value is -3.40. The Morgan fingerprint density at radius 1 is 1.26 bits per heavy atom. The highest BCUT2D eigenvalue weighted by molar-refractivity contribution is 5.79. The zero-order valence-corrected chi connectivity index (χ0v) is 17.6. The molecule has 2 aromatic heterocycles. The molecule has 0 saturated heterocycles. The van der Waals surface area contributed by atoms with Crippen molar-refractivity contribution in [3.63, 3.8) is 0 Å². The van der Waals surface area contributed by atoms with E-state index in [2.05, 4.69) is 15.1 Å². The molecule has 2 heterocycles. The topological polar surface area (TPSA) is 112 Å². The molecule has 0 spiro atoms. The molecule has 0 aliphatic heterocycles. The number of Topliss-reactive ketones (excluding diaryl/α,β-unsaturated/α-hetero) is 1. The van der Waals surface area contributed by atoms with E-state index in [1.807, 2.05) is 13.8 Å². The maximum absolute atomic E-state index is 13.9. The molecule has 0 saturated carbocycles. The molecule has 0 aliphatic rings. The van der Waals surface area contributed by atoms with Gasteiger partial charge in [0.25, 0.3) is 5.95 Å². The van der Waals surface area contributed by atoms with Crippen molar-refractivity contribution in [2.75, 3.05) is 13.7 Å². The summed E-state index contributed by atoms with van der Waals surface area (Å²) in [6.45, 7) is 3.59. The number of halogens is 1. The van der Waals surface area contributed by atoms with Crippen molar-refractivity contribution in [2.45, 2.75) is 33.2 Å². The smallest absolute Gasteiger partial charge is 0.354 e. The van der Waals surface area contributed by atoms with Gasteiger partial charge in [-0.2, -0.15) is 0 Å². The molecule has 0 radical (unpaired) electrons. The van der Waals surface area contributed by atoms with Crippen LogP contribution in [-0.2, 0) is 17.8 Å². The van der Waals surface area contributed by atoms with E-state index in [9.17, 15) is 14.0 Å². The number of aromatic nitrogens is 5. The quantitative estimate of drug-likeness (QED) is 0.552. The number of aliphatic hydroxyl groups excluding tert-OH is 1. The van der Waals surface area contributed by atoms with E-state index in [-0.39, 0.29) is 42.4 Å². The van der Waals surface area contributed by atoms with Gasteiger partial charge >= 0.3 is 5.69 Å². The van der Waals surface area contributed by atoms with Crippen molar-refractivity contribution in [3.8, 4) is 23.1 Å². The minimum atomic E-state index is -0.592. The van der Waals surface area contributed by atoms with Crippen molar-refractivity contribution < 1.29 is 19.0 Å². The highest BCUT2D eigenvalue weighted by Gasteiger charge is 2.21. The second kappa shape index (κ2) is 9.61. The van der Waals surface area contributed by atoms with E-state index >= 15 is 0 Å². The predicted molar refractivity (Wildman–Crippen MR) is 111 cm³/mol. The summed E-state index contributed by atoms with van der Waals surface area (Å²) in [7, 11) is 1.34. The molecule has 3 rings (SSSR count). The Kier molecular flexibility index (Phi) is 6.91. The first-order chi connectivity index (χ1) is 14.8. The van der Waals surface area contributed by atoms with Gasteiger partial charge in [-0.05, 0) is 36.1 Å². The van der Waals surface area contributed by atoms with Crippen LogP contribution in [0.5, 0.6) is 5.75 Å². The molecule has 0 atom stereocenters. The first kappa shape index (κ1) is 22.3. The number of rotatable bonds is 9. The fraction of sp³-hybridized carbons (Fsp3) is 0.381. The number of ketones is 1. The third kappa shape index (κ3) is 5.02. The number of nitrogens with zero attached hydrogens (tertiary/aromatic N) is 5. The fourth-order valence-corrected chi connectivity index (χ4v) is 3.09. The molecule has 0 bridgehead atoms. The predicted octanol–water partition coefficient (Wildman–Crippen LogP) is 1.79. The van der Waals surface area contributed by atoms with E-state index in [4.69, 9.17) is 9.84 Å². The van der Waals surface area contributed by atoms with Gasteiger partial charge in [-0.25, -0.2) is 19.2 Å². The Balaban J connectivity index is 2.10. The molecule has 9 nitrogen and oxygen atoms in total. The fourth-order valence-electron chi connectivity index (χ4n) is 3.09. The van der Waals surface area contributed by atoms with Crippen molar-refractivity contribution in [1.82, 2.24) is 24.3 Å². The second-order valence-electron chi connectivity index (χ2n) is 7.46. The summed E-state index contributed by atoms with van der Waals surface area (Å²) in [5, 5.41) is 13.4. The number of ether oxygens (including phenoxy) is 1. The van der Waals surface area contributed by atoms with Crippen LogP contribution in [0.3, 0.4) is 0 Å². The van der Waals surface area contributed by atoms with Gasteiger partial charge in [-0.1, -0.05) is 13.8 Å². The number of benzene rings is 1. The molecular formula is C21H24FN5O4. The first-order valence-electron chi connectivity index (χ1n) is 9.81. The van der Waals surface area contributed by atoms with Gasteiger partial charge in [0.05, 0.1) is 13.7 Å². The van der Waals surface area contributed by atoms with Gasteiger partial charge in [0.2, 0.25) is 0 Å². The standard InChI is InChI=1S/C21H24FN5O4/c1-13(2)8-16(29)12-26-19(15-4-5-17(22)18(9-15)31-3)25-27(21(26)30)20-23-10-14(6-7-28)11-24-20/h4-5,9-11,13,28H,6-8,12H2,1-3H3. The zero-order valence-electron chi connectivity index (χ0n) is 17.6. The van der Waals surface area contributed by atoms with Gasteiger partial charge in [0, 0.05) is 31.0 Å². The van der Waals surface area contributed by atoms with E-state index in [0.717, 1.165) is 4.68 Å². The van der Waals surface area contributed by atoms with Crippen molar-refractivity contribution in [2.24, 2.45) is 5.92 Å². The molecule has 0 aliphatic carbocycles. The molecule has 0 amide bonds. The van der Waals surface area contributed by atoms with Gasteiger partial charge < -0.3 is 9.84 Å². The van der Waals surface area contributed by atoms with Gasteiger partial charge in [-0.15, -0.1) is 9.78 Å². The maximum atomic E-state index is 13.9. The Labute approximate surface area is 178 Å². The molecule has 1 N–H and O–H groups in total. The molecule has 3 aromatic rings. The number of carbonyl (C=O) groups excluding carboxylic acids is 1. The number of carbonyl (C=O) groups is 1. The average Bonchev–Trinajstić information content (AvgIpc) is 3.05. The van der Waals surface area contributed by atoms with Crippen LogP contribution in [0.4, 0.5) is 4.39 Å². The van der Waals surface area contributed by atoms with Crippen LogP contribution < -0.4 is 10.4 Å². The summed E-state index contributed by atoms with van der Waals surface area (Å²) >= 11 is 0. The largest absolute Gasteiger partial charge is 0.494 e. The van der Waals surface area contributed by atoms with Crippen LogP contribution in [-0.4, -0.2) is 48.9 Å². The van der Waals surface area contributed by atoms with Gasteiger partial charge in [0.15, 0.2) is 23.2 Å². The van der Waals surface area contributed by atoms with E-state index < -0.39 is 11.5 Å². The molecule has 164 valence electrons. The van der Waals surface area contributed by atoms with E-state index in [1.54, 1.807) is 0 Å². The lowest BCUT2D eigenvalue weighted by Gasteiger charge is -2.08. The summed E-state index contributed by atoms with van der Waals surface area (Å²) in [5.74, 6) is -0.371. The van der Waals surface area contributed by atoms with Crippen LogP contribution in [0.1, 0.15) is 25.8 Å². The number of methoxy groups -OCH3 is 1. The van der Waals surface area contributed by atoms with Crippen LogP contribution in [0.25, 0.3) is 17.3 Å². The van der Waals surface area contributed by atoms with Gasteiger partial charge in [0.1, 0.15) is 0 Å². The summed E-state index contributed by atoms with van der Waals surface area (Å²) in [6, 6.07) is 4.08. The normalized spacial score (nSPS) is 11.2.